The molecule has 2 N–H and O–H groups in total. The van der Waals surface area contributed by atoms with Gasteiger partial charge in [0, 0.05) is 0 Å². The minimum atomic E-state index is 0.748. The Morgan fingerprint density at radius 1 is 1.10 bits per heavy atom. The van der Waals surface area contributed by atoms with Crippen LogP contribution in [0.1, 0.15) is 11.1 Å². The van der Waals surface area contributed by atoms with E-state index in [2.05, 4.69) is 11.5 Å². The Kier molecular flexibility index (Phi) is 1.92. The molecule has 10 heavy (non-hydrogen) atoms. The summed E-state index contributed by atoms with van der Waals surface area (Å²) in [6, 6.07) is 5.82. The van der Waals surface area contributed by atoms with E-state index in [-0.39, 0.29) is 0 Å². The summed E-state index contributed by atoms with van der Waals surface area (Å²) in [6.07, 6.45) is 0. The van der Waals surface area contributed by atoms with Crippen LogP contribution in [0.15, 0.2) is 18.2 Å². The standard InChI is InChI=1S/C8H11NO/c1-6-3-7(2)5-8(4-6)9-10/h3-5,9-10H,1-2H3. The van der Waals surface area contributed by atoms with E-state index in [1.165, 1.54) is 0 Å². The summed E-state index contributed by atoms with van der Waals surface area (Å²) in [4.78, 5) is 0. The molecule has 0 fully saturated rings. The summed E-state index contributed by atoms with van der Waals surface area (Å²) in [7, 11) is 0. The van der Waals surface area contributed by atoms with E-state index < -0.39 is 0 Å². The van der Waals surface area contributed by atoms with Crippen LogP contribution in [-0.4, -0.2) is 5.21 Å². The highest BCUT2D eigenvalue weighted by Gasteiger charge is 1.91. The lowest BCUT2D eigenvalue weighted by Gasteiger charge is -2.01. The minimum Gasteiger partial charge on any atom is -0.291 e. The average molecular weight is 137 g/mol. The second-order valence-corrected chi connectivity index (χ2v) is 2.49. The van der Waals surface area contributed by atoms with Gasteiger partial charge in [-0.2, -0.15) is 0 Å². The largest absolute Gasteiger partial charge is 0.291 e. The highest BCUT2D eigenvalue weighted by Crippen LogP contribution is 2.12. The molecule has 0 unspecified atom stereocenters. The molecule has 0 heterocycles. The third-order valence-corrected chi connectivity index (χ3v) is 1.35. The Hall–Kier alpha value is -1.02. The Bertz CT molecular complexity index is 212. The molecule has 0 aliphatic heterocycles. The van der Waals surface area contributed by atoms with Crippen molar-refractivity contribution >= 4 is 5.69 Å². The minimum absolute atomic E-state index is 0.748. The molecule has 0 aromatic heterocycles. The second kappa shape index (κ2) is 2.71. The number of hydrogen-bond donors (Lipinski definition) is 2. The van der Waals surface area contributed by atoms with E-state index in [0.29, 0.717) is 0 Å². The van der Waals surface area contributed by atoms with Gasteiger partial charge in [-0.1, -0.05) is 6.07 Å². The molecular weight excluding hydrogens is 126 g/mol. The number of rotatable bonds is 1. The van der Waals surface area contributed by atoms with E-state index in [0.717, 1.165) is 16.8 Å². The van der Waals surface area contributed by atoms with Crippen molar-refractivity contribution in [1.29, 1.82) is 0 Å². The first-order chi connectivity index (χ1) is 4.72. The van der Waals surface area contributed by atoms with Gasteiger partial charge in [0.15, 0.2) is 0 Å². The number of anilines is 1. The van der Waals surface area contributed by atoms with Crippen molar-refractivity contribution in [2.75, 3.05) is 5.48 Å². The first kappa shape index (κ1) is 7.09. The van der Waals surface area contributed by atoms with Gasteiger partial charge in [-0.3, -0.25) is 10.7 Å². The van der Waals surface area contributed by atoms with Crippen LogP contribution in [0.3, 0.4) is 0 Å². The summed E-state index contributed by atoms with van der Waals surface area (Å²) in [5.74, 6) is 0. The molecule has 0 aliphatic carbocycles. The Morgan fingerprint density at radius 3 is 2.00 bits per heavy atom. The van der Waals surface area contributed by atoms with Crippen molar-refractivity contribution in [2.45, 2.75) is 13.8 Å². The van der Waals surface area contributed by atoms with Crippen LogP contribution < -0.4 is 5.48 Å². The molecule has 1 rings (SSSR count). The van der Waals surface area contributed by atoms with Crippen LogP contribution in [0.2, 0.25) is 0 Å². The number of benzene rings is 1. The highest BCUT2D eigenvalue weighted by atomic mass is 16.5. The van der Waals surface area contributed by atoms with Crippen molar-refractivity contribution in [3.8, 4) is 0 Å². The molecule has 0 atom stereocenters. The van der Waals surface area contributed by atoms with Crippen LogP contribution in [0.25, 0.3) is 0 Å². The van der Waals surface area contributed by atoms with Gasteiger partial charge in [0.05, 0.1) is 5.69 Å². The topological polar surface area (TPSA) is 32.3 Å². The molecule has 0 amide bonds. The molecule has 2 heteroatoms. The maximum Gasteiger partial charge on any atom is 0.0607 e. The summed E-state index contributed by atoms with van der Waals surface area (Å²) < 4.78 is 0. The van der Waals surface area contributed by atoms with Gasteiger partial charge in [-0.25, -0.2) is 0 Å². The molecule has 1 aromatic rings. The van der Waals surface area contributed by atoms with Crippen LogP contribution in [0.4, 0.5) is 5.69 Å². The fourth-order valence-electron chi connectivity index (χ4n) is 1.04. The third-order valence-electron chi connectivity index (χ3n) is 1.35. The summed E-state index contributed by atoms with van der Waals surface area (Å²) >= 11 is 0. The van der Waals surface area contributed by atoms with Crippen molar-refractivity contribution in [3.63, 3.8) is 0 Å². The predicted molar refractivity (Wildman–Crippen MR) is 41.3 cm³/mol. The molecular formula is C8H11NO. The van der Waals surface area contributed by atoms with E-state index in [1.54, 1.807) is 0 Å². The van der Waals surface area contributed by atoms with E-state index in [9.17, 15) is 0 Å². The number of hydrogen-bond acceptors (Lipinski definition) is 2. The summed E-state index contributed by atoms with van der Waals surface area (Å²) in [6.45, 7) is 3.99. The fourth-order valence-corrected chi connectivity index (χ4v) is 1.04. The van der Waals surface area contributed by atoms with Gasteiger partial charge in [0.2, 0.25) is 0 Å². The predicted octanol–water partition coefficient (Wildman–Crippen LogP) is 2.10. The van der Waals surface area contributed by atoms with Crippen LogP contribution in [0.5, 0.6) is 0 Å². The fraction of sp³-hybridized carbons (Fsp3) is 0.250. The summed E-state index contributed by atoms with van der Waals surface area (Å²) in [5.41, 5.74) is 5.16. The molecule has 54 valence electrons. The maximum atomic E-state index is 8.54. The normalized spacial score (nSPS) is 9.50. The van der Waals surface area contributed by atoms with Crippen molar-refractivity contribution < 1.29 is 5.21 Å². The quantitative estimate of drug-likeness (QED) is 0.581. The SMILES string of the molecule is Cc1cc(C)cc(NO)c1. The molecule has 0 saturated carbocycles. The molecule has 0 spiro atoms. The molecule has 0 aliphatic rings. The number of aryl methyl sites for hydroxylation is 2. The smallest absolute Gasteiger partial charge is 0.0607 e. The first-order valence-corrected chi connectivity index (χ1v) is 3.21. The number of nitrogens with one attached hydrogen (secondary N) is 1. The molecule has 0 bridgehead atoms. The second-order valence-electron chi connectivity index (χ2n) is 2.49. The van der Waals surface area contributed by atoms with Gasteiger partial charge >= 0.3 is 0 Å². The van der Waals surface area contributed by atoms with Gasteiger partial charge < -0.3 is 0 Å². The monoisotopic (exact) mass is 137 g/mol. The summed E-state index contributed by atoms with van der Waals surface area (Å²) in [5, 5.41) is 8.54. The van der Waals surface area contributed by atoms with Gasteiger partial charge in [-0.15, -0.1) is 0 Å². The van der Waals surface area contributed by atoms with Gasteiger partial charge in [-0.05, 0) is 37.1 Å². The van der Waals surface area contributed by atoms with Crippen LogP contribution >= 0.6 is 0 Å². The first-order valence-electron chi connectivity index (χ1n) is 3.21. The zero-order valence-electron chi connectivity index (χ0n) is 6.18. The molecule has 1 aromatic carbocycles. The zero-order chi connectivity index (χ0) is 7.56. The van der Waals surface area contributed by atoms with E-state index in [4.69, 9.17) is 5.21 Å². The molecule has 2 nitrogen and oxygen atoms in total. The Labute approximate surface area is 60.5 Å². The van der Waals surface area contributed by atoms with Crippen LogP contribution in [-0.2, 0) is 0 Å². The lowest BCUT2D eigenvalue weighted by Crippen LogP contribution is -1.89. The molecule has 0 radical (unpaired) electrons. The van der Waals surface area contributed by atoms with Crippen molar-refractivity contribution in [2.24, 2.45) is 0 Å². The third kappa shape index (κ3) is 1.48. The lowest BCUT2D eigenvalue weighted by atomic mass is 10.1. The van der Waals surface area contributed by atoms with Crippen molar-refractivity contribution in [1.82, 2.24) is 0 Å². The van der Waals surface area contributed by atoms with E-state index >= 15 is 0 Å². The van der Waals surface area contributed by atoms with Gasteiger partial charge in [0.1, 0.15) is 0 Å². The lowest BCUT2D eigenvalue weighted by molar-refractivity contribution is 0.389. The van der Waals surface area contributed by atoms with Crippen molar-refractivity contribution in [3.05, 3.63) is 29.3 Å². The van der Waals surface area contributed by atoms with E-state index in [1.807, 2.05) is 26.0 Å². The Morgan fingerprint density at radius 2 is 1.60 bits per heavy atom. The maximum absolute atomic E-state index is 8.54. The van der Waals surface area contributed by atoms with Gasteiger partial charge in [0.25, 0.3) is 0 Å². The highest BCUT2D eigenvalue weighted by molar-refractivity contribution is 5.46. The Balaban J connectivity index is 3.06. The zero-order valence-corrected chi connectivity index (χ0v) is 6.18. The molecule has 0 saturated heterocycles. The average Bonchev–Trinajstić information content (AvgIpc) is 1.85. The van der Waals surface area contributed by atoms with Crippen LogP contribution in [0, 0.1) is 13.8 Å².